The minimum atomic E-state index is -0.372. The van der Waals surface area contributed by atoms with Gasteiger partial charge in [-0.1, -0.05) is 0 Å². The molecule has 0 aromatic rings. The summed E-state index contributed by atoms with van der Waals surface area (Å²) < 4.78 is 27.3. The predicted molar refractivity (Wildman–Crippen MR) is 96.9 cm³/mol. The van der Waals surface area contributed by atoms with Crippen molar-refractivity contribution < 1.29 is 33.6 Å². The zero-order valence-electron chi connectivity index (χ0n) is 16.5. The summed E-state index contributed by atoms with van der Waals surface area (Å²) in [5.41, 5.74) is 0. The van der Waals surface area contributed by atoms with Crippen LogP contribution in [0.3, 0.4) is 0 Å². The second-order valence-corrected chi connectivity index (χ2v) is 7.87. The van der Waals surface area contributed by atoms with E-state index in [0.29, 0.717) is 32.3 Å². The molecule has 2 heterocycles. The number of aliphatic hydroxyl groups is 1. The second kappa shape index (κ2) is 9.65. The molecule has 4 rings (SSSR count). The maximum absolute atomic E-state index is 11.5. The molecule has 156 valence electrons. The van der Waals surface area contributed by atoms with Crippen molar-refractivity contribution in [2.24, 2.45) is 11.8 Å². The highest BCUT2D eigenvalue weighted by atomic mass is 16.7. The first-order valence-electron chi connectivity index (χ1n) is 10.4. The second-order valence-electron chi connectivity index (χ2n) is 7.87. The molecule has 2 aliphatic heterocycles. The van der Waals surface area contributed by atoms with Gasteiger partial charge in [-0.15, -0.1) is 0 Å². The van der Waals surface area contributed by atoms with Crippen molar-refractivity contribution in [3.8, 4) is 0 Å². The van der Waals surface area contributed by atoms with Gasteiger partial charge in [0, 0.05) is 32.3 Å². The van der Waals surface area contributed by atoms with Crippen LogP contribution in [0, 0.1) is 11.8 Å². The molecule has 4 aliphatic rings. The highest BCUT2D eigenvalue weighted by Gasteiger charge is 2.42. The Labute approximate surface area is 161 Å². The van der Waals surface area contributed by atoms with Gasteiger partial charge < -0.3 is 28.8 Å². The first-order valence-corrected chi connectivity index (χ1v) is 10.4. The van der Waals surface area contributed by atoms with Crippen LogP contribution in [0.1, 0.15) is 58.3 Å². The fraction of sp³-hybridized carbons (Fsp3) is 0.950. The summed E-state index contributed by atoms with van der Waals surface area (Å²) in [6.07, 6.45) is 7.26. The van der Waals surface area contributed by atoms with Gasteiger partial charge >= 0.3 is 5.97 Å². The van der Waals surface area contributed by atoms with Crippen LogP contribution in [0.2, 0.25) is 0 Å². The van der Waals surface area contributed by atoms with Crippen molar-refractivity contribution in [3.63, 3.8) is 0 Å². The number of hydrogen-bond acceptors (Lipinski definition) is 7. The highest BCUT2D eigenvalue weighted by molar-refractivity contribution is 5.72. The molecule has 0 atom stereocenters. The number of carbonyl (C=O) groups excluding carboxylic acids is 1. The summed E-state index contributed by atoms with van der Waals surface area (Å²) in [6.45, 7) is 5.47. The van der Waals surface area contributed by atoms with Gasteiger partial charge in [-0.2, -0.15) is 0 Å². The average molecular weight is 386 g/mol. The number of ether oxygens (including phenoxy) is 5. The molecule has 1 N–H and O–H groups in total. The van der Waals surface area contributed by atoms with Gasteiger partial charge in [0.1, 0.15) is 0 Å². The van der Waals surface area contributed by atoms with E-state index < -0.39 is 0 Å². The zero-order chi connectivity index (χ0) is 19.2. The standard InChI is InChI=1S/C11H18O4.C9H16O3/c1-2-13-10(12)9-3-5-11(6-4-9)14-7-8-15-11;10-7-8-1-3-9(4-2-8)11-5-6-12-9/h9H,2-8H2,1H3;8,10H,1-7H2. The fourth-order valence-electron chi connectivity index (χ4n) is 4.42. The number of hydrogen-bond donors (Lipinski definition) is 1. The minimum Gasteiger partial charge on any atom is -0.466 e. The molecule has 2 spiro atoms. The molecule has 27 heavy (non-hydrogen) atoms. The summed E-state index contributed by atoms with van der Waals surface area (Å²) in [4.78, 5) is 11.5. The van der Waals surface area contributed by atoms with Crippen molar-refractivity contribution in [2.45, 2.75) is 69.9 Å². The van der Waals surface area contributed by atoms with E-state index >= 15 is 0 Å². The Morgan fingerprint density at radius 2 is 1.33 bits per heavy atom. The van der Waals surface area contributed by atoms with Gasteiger partial charge in [-0.3, -0.25) is 4.79 Å². The molecule has 0 bridgehead atoms. The number of esters is 1. The lowest BCUT2D eigenvalue weighted by molar-refractivity contribution is -0.187. The van der Waals surface area contributed by atoms with Gasteiger partial charge in [-0.25, -0.2) is 0 Å². The monoisotopic (exact) mass is 386 g/mol. The molecular weight excluding hydrogens is 352 g/mol. The van der Waals surface area contributed by atoms with E-state index in [1.54, 1.807) is 0 Å². The van der Waals surface area contributed by atoms with Crippen molar-refractivity contribution in [1.29, 1.82) is 0 Å². The molecule has 0 amide bonds. The quantitative estimate of drug-likeness (QED) is 0.746. The molecule has 0 unspecified atom stereocenters. The van der Waals surface area contributed by atoms with Crippen LogP contribution in [0.5, 0.6) is 0 Å². The van der Waals surface area contributed by atoms with Crippen LogP contribution in [0.15, 0.2) is 0 Å². The zero-order valence-corrected chi connectivity index (χ0v) is 16.5. The lowest BCUT2D eigenvalue weighted by Gasteiger charge is -2.34. The van der Waals surface area contributed by atoms with Gasteiger partial charge in [0.2, 0.25) is 0 Å². The summed E-state index contributed by atoms with van der Waals surface area (Å²) in [7, 11) is 0. The molecular formula is C20H34O7. The Kier molecular flexibility index (Phi) is 7.50. The van der Waals surface area contributed by atoms with Crippen LogP contribution in [-0.4, -0.2) is 62.3 Å². The normalized spacial score (nSPS) is 29.5. The van der Waals surface area contributed by atoms with E-state index in [2.05, 4.69) is 0 Å². The number of aliphatic hydroxyl groups excluding tert-OH is 1. The van der Waals surface area contributed by atoms with Crippen molar-refractivity contribution in [2.75, 3.05) is 39.6 Å². The van der Waals surface area contributed by atoms with Gasteiger partial charge in [0.25, 0.3) is 0 Å². The van der Waals surface area contributed by atoms with E-state index in [0.717, 1.165) is 64.6 Å². The maximum Gasteiger partial charge on any atom is 0.308 e. The van der Waals surface area contributed by atoms with Crippen molar-refractivity contribution in [3.05, 3.63) is 0 Å². The third-order valence-corrected chi connectivity index (χ3v) is 6.12. The van der Waals surface area contributed by atoms with Gasteiger partial charge in [-0.05, 0) is 38.5 Å². The Balaban J connectivity index is 0.000000159. The van der Waals surface area contributed by atoms with Gasteiger partial charge in [0.15, 0.2) is 11.6 Å². The molecule has 7 heteroatoms. The van der Waals surface area contributed by atoms with Crippen LogP contribution in [-0.2, 0) is 28.5 Å². The smallest absolute Gasteiger partial charge is 0.308 e. The first-order chi connectivity index (χ1) is 13.1. The average Bonchev–Trinajstić information content (AvgIpc) is 3.34. The molecule has 2 saturated heterocycles. The minimum absolute atomic E-state index is 0.0448. The fourth-order valence-corrected chi connectivity index (χ4v) is 4.42. The van der Waals surface area contributed by atoms with Crippen molar-refractivity contribution in [1.82, 2.24) is 0 Å². The molecule has 0 aromatic carbocycles. The topological polar surface area (TPSA) is 83.5 Å². The van der Waals surface area contributed by atoms with E-state index in [1.165, 1.54) is 0 Å². The predicted octanol–water partition coefficient (Wildman–Crippen LogP) is 2.39. The Hall–Kier alpha value is -0.730. The molecule has 7 nitrogen and oxygen atoms in total. The van der Waals surface area contributed by atoms with E-state index in [-0.39, 0.29) is 23.5 Å². The largest absolute Gasteiger partial charge is 0.466 e. The van der Waals surface area contributed by atoms with E-state index in [4.69, 9.17) is 28.8 Å². The third kappa shape index (κ3) is 5.41. The van der Waals surface area contributed by atoms with Crippen LogP contribution in [0.4, 0.5) is 0 Å². The van der Waals surface area contributed by atoms with E-state index in [1.807, 2.05) is 6.92 Å². The summed E-state index contributed by atoms with van der Waals surface area (Å²) >= 11 is 0. The van der Waals surface area contributed by atoms with Crippen LogP contribution < -0.4 is 0 Å². The van der Waals surface area contributed by atoms with Gasteiger partial charge in [0.05, 0.1) is 39.0 Å². The Morgan fingerprint density at radius 1 is 0.889 bits per heavy atom. The van der Waals surface area contributed by atoms with Crippen LogP contribution in [0.25, 0.3) is 0 Å². The van der Waals surface area contributed by atoms with E-state index in [9.17, 15) is 4.79 Å². The Morgan fingerprint density at radius 3 is 1.74 bits per heavy atom. The molecule has 0 radical (unpaired) electrons. The SMILES string of the molecule is CCOC(=O)C1CCC2(CC1)OCCO2.OCC1CCC2(CC1)OCCO2. The molecule has 0 aromatic heterocycles. The summed E-state index contributed by atoms with van der Waals surface area (Å²) in [5, 5.41) is 8.94. The molecule has 2 aliphatic carbocycles. The third-order valence-electron chi connectivity index (χ3n) is 6.12. The maximum atomic E-state index is 11.5. The Bertz CT molecular complexity index is 449. The lowest BCUT2D eigenvalue weighted by atomic mass is 9.85. The lowest BCUT2D eigenvalue weighted by Crippen LogP contribution is -2.37. The highest BCUT2D eigenvalue weighted by Crippen LogP contribution is 2.39. The summed E-state index contributed by atoms with van der Waals surface area (Å²) in [6, 6.07) is 0. The molecule has 4 fully saturated rings. The number of rotatable bonds is 3. The molecule has 2 saturated carbocycles. The first kappa shape index (κ1) is 21.0. The summed E-state index contributed by atoms with van der Waals surface area (Å²) in [5.74, 6) is -0.175. The van der Waals surface area contributed by atoms with Crippen molar-refractivity contribution >= 4 is 5.97 Å². The number of carbonyl (C=O) groups is 1. The van der Waals surface area contributed by atoms with Crippen LogP contribution >= 0.6 is 0 Å².